The molecule has 2 rings (SSSR count). The predicted octanol–water partition coefficient (Wildman–Crippen LogP) is 5.97. The highest BCUT2D eigenvalue weighted by Gasteiger charge is 1.98. The summed E-state index contributed by atoms with van der Waals surface area (Å²) in [5.74, 6) is 1.66. The highest BCUT2D eigenvalue weighted by atomic mass is 16.5. The van der Waals surface area contributed by atoms with Crippen molar-refractivity contribution >= 4 is 11.4 Å². The monoisotopic (exact) mass is 414 g/mol. The lowest BCUT2D eigenvalue weighted by Gasteiger charge is -2.06. The highest BCUT2D eigenvalue weighted by molar-refractivity contribution is 5.44. The molecule has 0 aliphatic rings. The van der Waals surface area contributed by atoms with Crippen LogP contribution in [-0.4, -0.2) is 36.6 Å². The normalized spacial score (nSPS) is 11.1. The molecule has 0 radical (unpaired) electrons. The minimum atomic E-state index is 0.265. The second-order valence-corrected chi connectivity index (χ2v) is 7.16. The molecular formula is C24H34N2O4. The Balaban J connectivity index is 1.68. The van der Waals surface area contributed by atoms with Crippen LogP contribution < -0.4 is 9.47 Å². The highest BCUT2D eigenvalue weighted by Crippen LogP contribution is 2.23. The van der Waals surface area contributed by atoms with E-state index < -0.39 is 0 Å². The van der Waals surface area contributed by atoms with Crippen LogP contribution in [-0.2, 0) is 0 Å². The third-order valence-corrected chi connectivity index (χ3v) is 4.60. The average Bonchev–Trinajstić information content (AvgIpc) is 2.79. The molecule has 2 N–H and O–H groups in total. The molecule has 0 unspecified atom stereocenters. The maximum Gasteiger partial charge on any atom is 0.119 e. The molecule has 0 saturated carbocycles. The first-order valence-corrected chi connectivity index (χ1v) is 10.9. The lowest BCUT2D eigenvalue weighted by molar-refractivity contribution is 0.273. The molecule has 164 valence electrons. The molecule has 0 spiro atoms. The zero-order valence-electron chi connectivity index (χ0n) is 17.7. The van der Waals surface area contributed by atoms with E-state index in [-0.39, 0.29) is 13.2 Å². The van der Waals surface area contributed by atoms with E-state index in [4.69, 9.17) is 19.7 Å². The molecule has 0 aliphatic carbocycles. The quantitative estimate of drug-likeness (QED) is 0.262. The minimum absolute atomic E-state index is 0.265. The average molecular weight is 415 g/mol. The van der Waals surface area contributed by atoms with E-state index in [1.807, 2.05) is 48.5 Å². The van der Waals surface area contributed by atoms with Crippen molar-refractivity contribution in [1.29, 1.82) is 0 Å². The second kappa shape index (κ2) is 15.4. The number of unbranched alkanes of at least 4 members (excludes halogenated alkanes) is 6. The van der Waals surface area contributed by atoms with Crippen molar-refractivity contribution in [3.63, 3.8) is 0 Å². The van der Waals surface area contributed by atoms with Gasteiger partial charge in [-0.3, -0.25) is 0 Å². The summed E-state index contributed by atoms with van der Waals surface area (Å²) in [5.41, 5.74) is 1.54. The second-order valence-electron chi connectivity index (χ2n) is 7.16. The Morgan fingerprint density at radius 2 is 0.867 bits per heavy atom. The molecular weight excluding hydrogens is 380 g/mol. The Kier molecular flexibility index (Phi) is 12.2. The van der Waals surface area contributed by atoms with Crippen molar-refractivity contribution in [1.82, 2.24) is 0 Å². The topological polar surface area (TPSA) is 83.6 Å². The van der Waals surface area contributed by atoms with Crippen molar-refractivity contribution in [2.75, 3.05) is 26.4 Å². The van der Waals surface area contributed by atoms with Crippen LogP contribution in [0.5, 0.6) is 11.5 Å². The van der Waals surface area contributed by atoms with Gasteiger partial charge in [0.25, 0.3) is 0 Å². The number of hydrogen-bond donors (Lipinski definition) is 2. The summed E-state index contributed by atoms with van der Waals surface area (Å²) < 4.78 is 11.4. The van der Waals surface area contributed by atoms with Crippen LogP contribution in [0.4, 0.5) is 11.4 Å². The Labute approximate surface area is 179 Å². The molecule has 0 saturated heterocycles. The fourth-order valence-corrected chi connectivity index (χ4v) is 2.85. The van der Waals surface area contributed by atoms with E-state index in [2.05, 4.69) is 10.2 Å². The molecule has 0 aliphatic heterocycles. The van der Waals surface area contributed by atoms with E-state index in [0.29, 0.717) is 13.2 Å². The minimum Gasteiger partial charge on any atom is -0.494 e. The molecule has 0 fully saturated rings. The van der Waals surface area contributed by atoms with E-state index in [0.717, 1.165) is 74.2 Å². The summed E-state index contributed by atoms with van der Waals surface area (Å²) in [4.78, 5) is 0. The molecule has 2 aromatic carbocycles. The van der Waals surface area contributed by atoms with Gasteiger partial charge in [-0.2, -0.15) is 10.2 Å². The molecule has 6 heteroatoms. The van der Waals surface area contributed by atoms with Gasteiger partial charge >= 0.3 is 0 Å². The molecule has 0 aromatic heterocycles. The van der Waals surface area contributed by atoms with Gasteiger partial charge in [0.2, 0.25) is 0 Å². The number of benzene rings is 2. The lowest BCUT2D eigenvalue weighted by atomic mass is 10.2. The van der Waals surface area contributed by atoms with Crippen LogP contribution in [0.25, 0.3) is 0 Å². The fourth-order valence-electron chi connectivity index (χ4n) is 2.85. The molecule has 2 aromatic rings. The molecule has 0 amide bonds. The summed E-state index contributed by atoms with van der Waals surface area (Å²) >= 11 is 0. The van der Waals surface area contributed by atoms with Crippen LogP contribution >= 0.6 is 0 Å². The van der Waals surface area contributed by atoms with Gasteiger partial charge in [0.05, 0.1) is 24.6 Å². The van der Waals surface area contributed by atoms with Gasteiger partial charge in [-0.05, 0) is 87.1 Å². The van der Waals surface area contributed by atoms with Gasteiger partial charge in [0.15, 0.2) is 0 Å². The van der Waals surface area contributed by atoms with Crippen LogP contribution in [0.1, 0.15) is 51.4 Å². The zero-order chi connectivity index (χ0) is 21.3. The zero-order valence-corrected chi connectivity index (χ0v) is 17.7. The lowest BCUT2D eigenvalue weighted by Crippen LogP contribution is -1.97. The summed E-state index contributed by atoms with van der Waals surface area (Å²) in [6, 6.07) is 15.2. The Bertz CT molecular complexity index is 641. The summed E-state index contributed by atoms with van der Waals surface area (Å²) in [5, 5.41) is 26.0. The summed E-state index contributed by atoms with van der Waals surface area (Å²) in [6.45, 7) is 1.90. The Hall–Kier alpha value is -2.44. The van der Waals surface area contributed by atoms with Gasteiger partial charge in [0, 0.05) is 13.2 Å². The van der Waals surface area contributed by atoms with Crippen molar-refractivity contribution in [2.24, 2.45) is 10.2 Å². The molecule has 6 nitrogen and oxygen atoms in total. The van der Waals surface area contributed by atoms with Crippen molar-refractivity contribution in [3.05, 3.63) is 48.5 Å². The first-order valence-electron chi connectivity index (χ1n) is 10.9. The molecule has 30 heavy (non-hydrogen) atoms. The van der Waals surface area contributed by atoms with Gasteiger partial charge in [-0.25, -0.2) is 0 Å². The SMILES string of the molecule is OCCCCCCOc1ccc(/N=N\c2ccc(OCCCCCCO)cc2)cc1. The van der Waals surface area contributed by atoms with Crippen molar-refractivity contribution < 1.29 is 19.7 Å². The number of azo groups is 1. The smallest absolute Gasteiger partial charge is 0.119 e. The Morgan fingerprint density at radius 1 is 0.500 bits per heavy atom. The number of hydrogen-bond acceptors (Lipinski definition) is 6. The van der Waals surface area contributed by atoms with Gasteiger partial charge in [-0.15, -0.1) is 0 Å². The molecule has 0 bridgehead atoms. The third-order valence-electron chi connectivity index (χ3n) is 4.60. The van der Waals surface area contributed by atoms with Gasteiger partial charge in [0.1, 0.15) is 11.5 Å². The number of ether oxygens (including phenoxy) is 2. The number of nitrogens with zero attached hydrogens (tertiary/aromatic N) is 2. The van der Waals surface area contributed by atoms with E-state index in [9.17, 15) is 0 Å². The predicted molar refractivity (Wildman–Crippen MR) is 119 cm³/mol. The standard InChI is InChI=1S/C24H34N2O4/c27-17-5-1-3-7-19-29-23-13-9-21(10-14-23)25-26-22-11-15-24(16-12-22)30-20-8-4-2-6-18-28/h9-16,27-28H,1-8,17-20H2/b26-25-. The van der Waals surface area contributed by atoms with E-state index in [1.165, 1.54) is 0 Å². The van der Waals surface area contributed by atoms with Crippen LogP contribution in [0.3, 0.4) is 0 Å². The maximum atomic E-state index is 8.76. The summed E-state index contributed by atoms with van der Waals surface area (Å²) in [6.07, 6.45) is 7.93. The molecule has 0 atom stereocenters. The van der Waals surface area contributed by atoms with Crippen molar-refractivity contribution in [2.45, 2.75) is 51.4 Å². The number of aliphatic hydroxyl groups excluding tert-OH is 2. The third kappa shape index (κ3) is 10.4. The van der Waals surface area contributed by atoms with Crippen LogP contribution in [0.15, 0.2) is 58.8 Å². The first-order chi connectivity index (χ1) is 14.8. The summed E-state index contributed by atoms with van der Waals surface area (Å²) in [7, 11) is 0. The van der Waals surface area contributed by atoms with Gasteiger partial charge < -0.3 is 19.7 Å². The van der Waals surface area contributed by atoms with Gasteiger partial charge in [-0.1, -0.05) is 12.8 Å². The van der Waals surface area contributed by atoms with Crippen LogP contribution in [0, 0.1) is 0 Å². The Morgan fingerprint density at radius 3 is 1.23 bits per heavy atom. The van der Waals surface area contributed by atoms with Crippen molar-refractivity contribution in [3.8, 4) is 11.5 Å². The van der Waals surface area contributed by atoms with E-state index in [1.54, 1.807) is 0 Å². The van der Waals surface area contributed by atoms with Crippen LogP contribution in [0.2, 0.25) is 0 Å². The first kappa shape index (κ1) is 23.8. The molecule has 0 heterocycles. The maximum absolute atomic E-state index is 8.76. The fraction of sp³-hybridized carbons (Fsp3) is 0.500. The number of aliphatic hydroxyl groups is 2. The van der Waals surface area contributed by atoms with E-state index >= 15 is 0 Å². The number of rotatable bonds is 16. The largest absolute Gasteiger partial charge is 0.494 e.